The lowest BCUT2D eigenvalue weighted by Crippen LogP contribution is -2.01. The molecule has 0 atom stereocenters. The smallest absolute Gasteiger partial charge is 0.127 e. The van der Waals surface area contributed by atoms with Crippen molar-refractivity contribution >= 4 is 5.69 Å². The van der Waals surface area contributed by atoms with Crippen LogP contribution in [0.15, 0.2) is 60.9 Å². The van der Waals surface area contributed by atoms with Gasteiger partial charge in [0.1, 0.15) is 11.6 Å². The van der Waals surface area contributed by atoms with Crippen molar-refractivity contribution in [2.24, 2.45) is 0 Å². The van der Waals surface area contributed by atoms with Crippen molar-refractivity contribution in [3.05, 3.63) is 72.3 Å². The third-order valence-electron chi connectivity index (χ3n) is 3.05. The Bertz CT molecular complexity index is 721. The zero-order valence-electron chi connectivity index (χ0n) is 11.2. The highest BCUT2D eigenvalue weighted by Gasteiger charge is 2.01. The van der Waals surface area contributed by atoms with Crippen LogP contribution in [-0.4, -0.2) is 14.9 Å². The second kappa shape index (κ2) is 5.66. The van der Waals surface area contributed by atoms with Crippen LogP contribution in [0.4, 0.5) is 10.1 Å². The molecule has 1 aromatic heterocycles. The molecule has 0 fully saturated rings. The highest BCUT2D eigenvalue weighted by molar-refractivity contribution is 5.51. The van der Waals surface area contributed by atoms with E-state index in [9.17, 15) is 9.50 Å². The summed E-state index contributed by atoms with van der Waals surface area (Å²) in [6.45, 7) is 0.424. The highest BCUT2D eigenvalue weighted by Crippen LogP contribution is 2.18. The van der Waals surface area contributed by atoms with Gasteiger partial charge in [-0.2, -0.15) is 5.10 Å². The molecule has 1 heterocycles. The van der Waals surface area contributed by atoms with Crippen LogP contribution in [-0.2, 0) is 6.54 Å². The van der Waals surface area contributed by atoms with Crippen LogP contribution in [0.2, 0.25) is 0 Å². The van der Waals surface area contributed by atoms with Crippen molar-refractivity contribution in [2.45, 2.75) is 6.54 Å². The number of hydrogen-bond acceptors (Lipinski definition) is 3. The standard InChI is InChI=1S/C16H14FN3O/c17-13-7-12(8-16(21)9-13)11-18-14-3-1-4-15(10-14)20-6-2-5-19-20/h1-10,18,21H,11H2. The van der Waals surface area contributed by atoms with Gasteiger partial charge in [-0.25, -0.2) is 9.07 Å². The monoisotopic (exact) mass is 283 g/mol. The third kappa shape index (κ3) is 3.20. The summed E-state index contributed by atoms with van der Waals surface area (Å²) in [4.78, 5) is 0. The highest BCUT2D eigenvalue weighted by atomic mass is 19.1. The summed E-state index contributed by atoms with van der Waals surface area (Å²) in [5.74, 6) is -0.519. The lowest BCUT2D eigenvalue weighted by atomic mass is 10.2. The number of nitrogens with one attached hydrogen (secondary N) is 1. The summed E-state index contributed by atoms with van der Waals surface area (Å²) in [5, 5.41) is 16.8. The molecule has 5 heteroatoms. The fraction of sp³-hybridized carbons (Fsp3) is 0.0625. The van der Waals surface area contributed by atoms with Crippen LogP contribution < -0.4 is 5.32 Å². The van der Waals surface area contributed by atoms with E-state index in [1.54, 1.807) is 10.9 Å². The van der Waals surface area contributed by atoms with E-state index < -0.39 is 5.82 Å². The molecule has 0 aliphatic carbocycles. The quantitative estimate of drug-likeness (QED) is 0.772. The number of phenols is 1. The first-order chi connectivity index (χ1) is 10.2. The van der Waals surface area contributed by atoms with Crippen LogP contribution in [0.3, 0.4) is 0 Å². The van der Waals surface area contributed by atoms with Crippen molar-refractivity contribution in [3.63, 3.8) is 0 Å². The molecule has 0 saturated carbocycles. The fourth-order valence-electron chi connectivity index (χ4n) is 2.12. The zero-order valence-corrected chi connectivity index (χ0v) is 11.2. The number of aromatic hydroxyl groups is 1. The van der Waals surface area contributed by atoms with Gasteiger partial charge in [-0.05, 0) is 42.0 Å². The molecule has 3 aromatic rings. The van der Waals surface area contributed by atoms with Crippen molar-refractivity contribution in [1.29, 1.82) is 0 Å². The van der Waals surface area contributed by atoms with E-state index in [-0.39, 0.29) is 5.75 Å². The minimum Gasteiger partial charge on any atom is -0.508 e. The second-order valence-corrected chi connectivity index (χ2v) is 4.67. The van der Waals surface area contributed by atoms with E-state index in [4.69, 9.17) is 0 Å². The topological polar surface area (TPSA) is 50.1 Å². The predicted octanol–water partition coefficient (Wildman–Crippen LogP) is 3.33. The van der Waals surface area contributed by atoms with Gasteiger partial charge in [0, 0.05) is 30.7 Å². The Labute approximate surface area is 121 Å². The SMILES string of the molecule is Oc1cc(F)cc(CNc2cccc(-n3cccn3)c2)c1. The van der Waals surface area contributed by atoms with E-state index in [0.717, 1.165) is 17.4 Å². The molecule has 0 unspecified atom stereocenters. The zero-order chi connectivity index (χ0) is 14.7. The Kier molecular flexibility index (Phi) is 3.55. The molecule has 21 heavy (non-hydrogen) atoms. The number of anilines is 1. The van der Waals surface area contributed by atoms with Gasteiger partial charge < -0.3 is 10.4 Å². The molecule has 0 bridgehead atoms. The lowest BCUT2D eigenvalue weighted by molar-refractivity contribution is 0.468. The van der Waals surface area contributed by atoms with E-state index in [0.29, 0.717) is 12.1 Å². The summed E-state index contributed by atoms with van der Waals surface area (Å²) in [6.07, 6.45) is 3.58. The Morgan fingerprint density at radius 2 is 2.05 bits per heavy atom. The Hall–Kier alpha value is -2.82. The Balaban J connectivity index is 1.75. The molecule has 2 N–H and O–H groups in total. The maximum atomic E-state index is 13.2. The van der Waals surface area contributed by atoms with E-state index in [1.165, 1.54) is 12.1 Å². The average Bonchev–Trinajstić information content (AvgIpc) is 2.99. The summed E-state index contributed by atoms with van der Waals surface area (Å²) < 4.78 is 15.0. The summed E-state index contributed by atoms with van der Waals surface area (Å²) in [5.41, 5.74) is 2.51. The molecule has 4 nitrogen and oxygen atoms in total. The number of nitrogens with zero attached hydrogens (tertiary/aromatic N) is 2. The normalized spacial score (nSPS) is 10.5. The van der Waals surface area contributed by atoms with E-state index >= 15 is 0 Å². The minimum absolute atomic E-state index is 0.0721. The number of halogens is 1. The van der Waals surface area contributed by atoms with Crippen molar-refractivity contribution < 1.29 is 9.50 Å². The maximum absolute atomic E-state index is 13.2. The number of aromatic nitrogens is 2. The second-order valence-electron chi connectivity index (χ2n) is 4.67. The predicted molar refractivity (Wildman–Crippen MR) is 79.0 cm³/mol. The number of hydrogen-bond donors (Lipinski definition) is 2. The van der Waals surface area contributed by atoms with Gasteiger partial charge in [0.05, 0.1) is 5.69 Å². The molecular weight excluding hydrogens is 269 g/mol. The van der Waals surface area contributed by atoms with Crippen LogP contribution in [0, 0.1) is 5.82 Å². The molecule has 2 aromatic carbocycles. The lowest BCUT2D eigenvalue weighted by Gasteiger charge is -2.09. The molecule has 3 rings (SSSR count). The summed E-state index contributed by atoms with van der Waals surface area (Å²) in [7, 11) is 0. The Morgan fingerprint density at radius 3 is 2.81 bits per heavy atom. The Morgan fingerprint density at radius 1 is 1.14 bits per heavy atom. The van der Waals surface area contributed by atoms with Crippen molar-refractivity contribution in [2.75, 3.05) is 5.32 Å². The van der Waals surface area contributed by atoms with Gasteiger partial charge in [0.25, 0.3) is 0 Å². The van der Waals surface area contributed by atoms with Gasteiger partial charge >= 0.3 is 0 Å². The van der Waals surface area contributed by atoms with Crippen LogP contribution in [0.5, 0.6) is 5.75 Å². The minimum atomic E-state index is -0.447. The molecule has 106 valence electrons. The fourth-order valence-corrected chi connectivity index (χ4v) is 2.12. The molecule has 0 aliphatic rings. The first kappa shape index (κ1) is 13.2. The molecule has 0 amide bonds. The average molecular weight is 283 g/mol. The van der Waals surface area contributed by atoms with Crippen molar-refractivity contribution in [3.8, 4) is 11.4 Å². The number of phenolic OH excluding ortho intramolecular Hbond substituents is 1. The largest absolute Gasteiger partial charge is 0.508 e. The molecule has 0 saturated heterocycles. The van der Waals surface area contributed by atoms with Gasteiger partial charge in [-0.3, -0.25) is 0 Å². The van der Waals surface area contributed by atoms with Crippen LogP contribution in [0.25, 0.3) is 5.69 Å². The van der Waals surface area contributed by atoms with Gasteiger partial charge in [0.15, 0.2) is 0 Å². The van der Waals surface area contributed by atoms with Gasteiger partial charge in [0.2, 0.25) is 0 Å². The summed E-state index contributed by atoms with van der Waals surface area (Å²) >= 11 is 0. The van der Waals surface area contributed by atoms with Crippen LogP contribution in [0.1, 0.15) is 5.56 Å². The third-order valence-corrected chi connectivity index (χ3v) is 3.05. The van der Waals surface area contributed by atoms with E-state index in [1.807, 2.05) is 36.5 Å². The molecule has 0 spiro atoms. The van der Waals surface area contributed by atoms with Gasteiger partial charge in [-0.15, -0.1) is 0 Å². The molecule has 0 aliphatic heterocycles. The molecular formula is C16H14FN3O. The maximum Gasteiger partial charge on any atom is 0.127 e. The first-order valence-corrected chi connectivity index (χ1v) is 6.53. The van der Waals surface area contributed by atoms with Crippen molar-refractivity contribution in [1.82, 2.24) is 9.78 Å². The van der Waals surface area contributed by atoms with Gasteiger partial charge in [-0.1, -0.05) is 6.07 Å². The number of benzene rings is 2. The molecule has 0 radical (unpaired) electrons. The first-order valence-electron chi connectivity index (χ1n) is 6.53. The summed E-state index contributed by atoms with van der Waals surface area (Å²) in [6, 6.07) is 13.6. The van der Waals surface area contributed by atoms with E-state index in [2.05, 4.69) is 10.4 Å². The number of rotatable bonds is 4. The van der Waals surface area contributed by atoms with Crippen LogP contribution >= 0.6 is 0 Å².